The molecule has 0 bridgehead atoms. The largest absolute Gasteiger partial charge is 0.423 e. The molecule has 0 radical (unpaired) electrons. The highest BCUT2D eigenvalue weighted by atomic mass is 19.4. The van der Waals surface area contributed by atoms with E-state index in [1.165, 1.54) is 6.07 Å². The molecule has 0 spiro atoms. The first-order chi connectivity index (χ1) is 8.18. The van der Waals surface area contributed by atoms with Crippen molar-refractivity contribution in [3.8, 4) is 6.07 Å². The van der Waals surface area contributed by atoms with Gasteiger partial charge in [-0.15, -0.1) is 0 Å². The Morgan fingerprint density at radius 1 is 1.44 bits per heavy atom. The first-order valence-electron chi connectivity index (χ1n) is 4.49. The van der Waals surface area contributed by atoms with Gasteiger partial charge in [0, 0.05) is 11.6 Å². The zero-order valence-electron chi connectivity index (χ0n) is 8.91. The number of carbonyl (C=O) groups is 1. The van der Waals surface area contributed by atoms with Crippen molar-refractivity contribution in [2.45, 2.75) is 13.1 Å². The second-order valence-corrected chi connectivity index (χ2v) is 3.34. The summed E-state index contributed by atoms with van der Waals surface area (Å²) in [6.07, 6.45) is -4.97. The van der Waals surface area contributed by atoms with Crippen LogP contribution in [0.25, 0.3) is 0 Å². The van der Waals surface area contributed by atoms with E-state index in [-0.39, 0.29) is 0 Å². The minimum atomic E-state index is -4.97. The number of nitrogens with zero attached hydrogens (tertiary/aromatic N) is 2. The van der Waals surface area contributed by atoms with Gasteiger partial charge >= 0.3 is 6.18 Å². The summed E-state index contributed by atoms with van der Waals surface area (Å²) in [7, 11) is 0. The summed E-state index contributed by atoms with van der Waals surface area (Å²) in [5.41, 5.74) is -3.74. The van der Waals surface area contributed by atoms with Gasteiger partial charge < -0.3 is 0 Å². The maximum Gasteiger partial charge on any atom is 0.423 e. The van der Waals surface area contributed by atoms with E-state index in [4.69, 9.17) is 5.26 Å². The molecule has 0 saturated carbocycles. The van der Waals surface area contributed by atoms with Gasteiger partial charge in [0.2, 0.25) is 0 Å². The highest BCUT2D eigenvalue weighted by Gasteiger charge is 2.39. The molecular weight excluding hydrogens is 253 g/mol. The van der Waals surface area contributed by atoms with E-state index in [1.54, 1.807) is 0 Å². The lowest BCUT2D eigenvalue weighted by Gasteiger charge is -2.09. The standard InChI is InChI=1S/C10H5F3N2O3/c1-5(16)7-3-8(10(11,12)13)9(15(17)18)2-6(7)4-14/h2-3H,1H3. The van der Waals surface area contributed by atoms with Crippen molar-refractivity contribution in [3.05, 3.63) is 38.9 Å². The molecule has 0 heterocycles. The monoisotopic (exact) mass is 258 g/mol. The third-order valence-corrected chi connectivity index (χ3v) is 2.14. The van der Waals surface area contributed by atoms with Gasteiger partial charge in [-0.2, -0.15) is 18.4 Å². The number of nitriles is 1. The molecule has 0 unspecified atom stereocenters. The van der Waals surface area contributed by atoms with E-state index < -0.39 is 39.3 Å². The number of hydrogen-bond donors (Lipinski definition) is 0. The number of carbonyl (C=O) groups excluding carboxylic acids is 1. The van der Waals surface area contributed by atoms with Gasteiger partial charge in [0.15, 0.2) is 5.78 Å². The number of rotatable bonds is 2. The molecule has 0 fully saturated rings. The molecule has 0 amide bonds. The lowest BCUT2D eigenvalue weighted by atomic mass is 10.00. The first kappa shape index (κ1) is 13.6. The highest BCUT2D eigenvalue weighted by Crippen LogP contribution is 2.37. The number of ketones is 1. The fourth-order valence-corrected chi connectivity index (χ4v) is 1.35. The molecule has 0 aliphatic carbocycles. The molecule has 0 aromatic heterocycles. The van der Waals surface area contributed by atoms with Crippen molar-refractivity contribution < 1.29 is 22.9 Å². The SMILES string of the molecule is CC(=O)c1cc(C(F)(F)F)c([N+](=O)[O-])cc1C#N. The molecule has 5 nitrogen and oxygen atoms in total. The molecule has 94 valence electrons. The van der Waals surface area contributed by atoms with Crippen LogP contribution in [0.1, 0.15) is 28.4 Å². The molecule has 8 heteroatoms. The average Bonchev–Trinajstić information content (AvgIpc) is 2.25. The summed E-state index contributed by atoms with van der Waals surface area (Å²) in [5.74, 6) is -0.771. The van der Waals surface area contributed by atoms with Crippen LogP contribution in [-0.2, 0) is 6.18 Å². The second kappa shape index (κ2) is 4.44. The zero-order valence-corrected chi connectivity index (χ0v) is 8.91. The Morgan fingerprint density at radius 2 is 2.00 bits per heavy atom. The fourth-order valence-electron chi connectivity index (χ4n) is 1.35. The molecular formula is C10H5F3N2O3. The molecule has 1 aromatic rings. The third kappa shape index (κ3) is 2.45. The molecule has 0 aliphatic rings. The van der Waals surface area contributed by atoms with Crippen LogP contribution < -0.4 is 0 Å². The van der Waals surface area contributed by atoms with E-state index in [0.717, 1.165) is 6.92 Å². The lowest BCUT2D eigenvalue weighted by Crippen LogP contribution is -2.12. The molecule has 0 N–H and O–H groups in total. The lowest BCUT2D eigenvalue weighted by molar-refractivity contribution is -0.388. The first-order valence-corrected chi connectivity index (χ1v) is 4.49. The number of benzene rings is 1. The van der Waals surface area contributed by atoms with Crippen molar-refractivity contribution >= 4 is 11.5 Å². The molecule has 0 atom stereocenters. The quantitative estimate of drug-likeness (QED) is 0.463. The van der Waals surface area contributed by atoms with Gasteiger partial charge in [-0.25, -0.2) is 0 Å². The van der Waals surface area contributed by atoms with Crippen molar-refractivity contribution in [2.75, 3.05) is 0 Å². The van der Waals surface area contributed by atoms with Crippen LogP contribution in [0, 0.1) is 21.4 Å². The van der Waals surface area contributed by atoms with Gasteiger partial charge in [-0.1, -0.05) is 0 Å². The molecule has 1 rings (SSSR count). The number of alkyl halides is 3. The van der Waals surface area contributed by atoms with Gasteiger partial charge in [0.05, 0.1) is 10.5 Å². The Morgan fingerprint density at radius 3 is 2.33 bits per heavy atom. The molecule has 0 aliphatic heterocycles. The average molecular weight is 258 g/mol. The normalized spacial score (nSPS) is 10.8. The van der Waals surface area contributed by atoms with Gasteiger partial charge in [-0.3, -0.25) is 14.9 Å². The second-order valence-electron chi connectivity index (χ2n) is 3.34. The van der Waals surface area contributed by atoms with E-state index in [2.05, 4.69) is 0 Å². The van der Waals surface area contributed by atoms with Crippen LogP contribution in [0.3, 0.4) is 0 Å². The number of nitro groups is 1. The van der Waals surface area contributed by atoms with Crippen LogP contribution in [0.5, 0.6) is 0 Å². The summed E-state index contributed by atoms with van der Waals surface area (Å²) in [6, 6.07) is 2.25. The Labute approximate surface area is 98.6 Å². The molecule has 18 heavy (non-hydrogen) atoms. The number of nitro benzene ring substituents is 1. The van der Waals surface area contributed by atoms with E-state index in [0.29, 0.717) is 12.1 Å². The summed E-state index contributed by atoms with van der Waals surface area (Å²) in [6.45, 7) is 0.974. The Kier molecular flexibility index (Phi) is 3.37. The van der Waals surface area contributed by atoms with Crippen molar-refractivity contribution in [2.24, 2.45) is 0 Å². The predicted molar refractivity (Wildman–Crippen MR) is 52.8 cm³/mol. The Bertz CT molecular complexity index is 573. The predicted octanol–water partition coefficient (Wildman–Crippen LogP) is 2.69. The maximum absolute atomic E-state index is 12.6. The minimum Gasteiger partial charge on any atom is -0.294 e. The highest BCUT2D eigenvalue weighted by molar-refractivity contribution is 5.97. The van der Waals surface area contributed by atoms with Crippen molar-refractivity contribution in [1.82, 2.24) is 0 Å². The number of Topliss-reactive ketones (excluding diaryl/α,β-unsaturated/α-hetero) is 1. The summed E-state index contributed by atoms with van der Waals surface area (Å²) in [4.78, 5) is 20.4. The van der Waals surface area contributed by atoms with E-state index >= 15 is 0 Å². The van der Waals surface area contributed by atoms with Gasteiger partial charge in [-0.05, 0) is 13.0 Å². The molecule has 1 aromatic carbocycles. The number of halogens is 3. The van der Waals surface area contributed by atoms with Crippen LogP contribution >= 0.6 is 0 Å². The molecule has 0 saturated heterocycles. The van der Waals surface area contributed by atoms with E-state index in [9.17, 15) is 28.1 Å². The zero-order chi connectivity index (χ0) is 14.1. The van der Waals surface area contributed by atoms with Crippen molar-refractivity contribution in [3.63, 3.8) is 0 Å². The van der Waals surface area contributed by atoms with Gasteiger partial charge in [0.25, 0.3) is 5.69 Å². The van der Waals surface area contributed by atoms with Gasteiger partial charge in [0.1, 0.15) is 11.6 Å². The maximum atomic E-state index is 12.6. The van der Waals surface area contributed by atoms with Crippen molar-refractivity contribution in [1.29, 1.82) is 5.26 Å². The smallest absolute Gasteiger partial charge is 0.294 e. The van der Waals surface area contributed by atoms with Crippen LogP contribution in [0.2, 0.25) is 0 Å². The summed E-state index contributed by atoms with van der Waals surface area (Å²) >= 11 is 0. The summed E-state index contributed by atoms with van der Waals surface area (Å²) in [5, 5.41) is 19.2. The van der Waals surface area contributed by atoms with Crippen LogP contribution in [-0.4, -0.2) is 10.7 Å². The van der Waals surface area contributed by atoms with Crippen LogP contribution in [0.4, 0.5) is 18.9 Å². The Balaban J connectivity index is 3.70. The summed E-state index contributed by atoms with van der Waals surface area (Å²) < 4.78 is 37.8. The topological polar surface area (TPSA) is 84.0 Å². The fraction of sp³-hybridized carbons (Fsp3) is 0.200. The van der Waals surface area contributed by atoms with Crippen LogP contribution in [0.15, 0.2) is 12.1 Å². The Hall–Kier alpha value is -2.43. The van der Waals surface area contributed by atoms with E-state index in [1.807, 2.05) is 0 Å². The minimum absolute atomic E-state index is 0.332. The number of hydrogen-bond acceptors (Lipinski definition) is 4. The third-order valence-electron chi connectivity index (χ3n) is 2.14.